The summed E-state index contributed by atoms with van der Waals surface area (Å²) < 4.78 is 2.76. The van der Waals surface area contributed by atoms with Crippen molar-refractivity contribution >= 4 is 45.2 Å². The first kappa shape index (κ1) is 14.6. The van der Waals surface area contributed by atoms with E-state index in [1.165, 1.54) is 29.4 Å². The molecule has 96 valence electrons. The minimum atomic E-state index is 0.527. The zero-order valence-electron chi connectivity index (χ0n) is 11.2. The maximum absolute atomic E-state index is 2.44. The lowest BCUT2D eigenvalue weighted by molar-refractivity contribution is 0.626. The van der Waals surface area contributed by atoms with E-state index in [1.54, 1.807) is 0 Å². The molecule has 18 heavy (non-hydrogen) atoms. The van der Waals surface area contributed by atoms with Crippen LogP contribution in [-0.2, 0) is 0 Å². The molecular formula is C16H18I2. The SMILES string of the molecule is CC1=CC(c2cc(C)c(I)cc2C)C(C)C=C1I. The van der Waals surface area contributed by atoms with Gasteiger partial charge in [0.1, 0.15) is 0 Å². The van der Waals surface area contributed by atoms with Gasteiger partial charge in [-0.3, -0.25) is 0 Å². The third-order valence-electron chi connectivity index (χ3n) is 3.69. The summed E-state index contributed by atoms with van der Waals surface area (Å²) in [4.78, 5) is 0. The van der Waals surface area contributed by atoms with E-state index < -0.39 is 0 Å². The van der Waals surface area contributed by atoms with E-state index in [4.69, 9.17) is 0 Å². The topological polar surface area (TPSA) is 0 Å². The number of benzene rings is 1. The van der Waals surface area contributed by atoms with E-state index in [-0.39, 0.29) is 0 Å². The van der Waals surface area contributed by atoms with Gasteiger partial charge in [0, 0.05) is 13.1 Å². The highest BCUT2D eigenvalue weighted by Crippen LogP contribution is 2.38. The first-order valence-electron chi connectivity index (χ1n) is 6.23. The number of halogens is 2. The van der Waals surface area contributed by atoms with Gasteiger partial charge in [-0.1, -0.05) is 25.1 Å². The van der Waals surface area contributed by atoms with Crippen molar-refractivity contribution < 1.29 is 0 Å². The summed E-state index contributed by atoms with van der Waals surface area (Å²) in [5, 5.41) is 0. The highest BCUT2D eigenvalue weighted by molar-refractivity contribution is 14.1. The van der Waals surface area contributed by atoms with Gasteiger partial charge in [-0.15, -0.1) is 0 Å². The highest BCUT2D eigenvalue weighted by atomic mass is 127. The van der Waals surface area contributed by atoms with Crippen LogP contribution in [0.15, 0.2) is 33.4 Å². The fraction of sp³-hybridized carbons (Fsp3) is 0.375. The zero-order valence-corrected chi connectivity index (χ0v) is 15.5. The molecule has 2 heteroatoms. The molecule has 0 amide bonds. The Morgan fingerprint density at radius 3 is 2.28 bits per heavy atom. The molecule has 0 saturated heterocycles. The highest BCUT2D eigenvalue weighted by Gasteiger charge is 2.22. The van der Waals surface area contributed by atoms with E-state index in [9.17, 15) is 0 Å². The Labute approximate surface area is 137 Å². The van der Waals surface area contributed by atoms with Gasteiger partial charge < -0.3 is 0 Å². The average molecular weight is 464 g/mol. The second-order valence-corrected chi connectivity index (χ2v) is 7.53. The zero-order chi connectivity index (χ0) is 13.4. The second-order valence-electron chi connectivity index (χ2n) is 5.21. The van der Waals surface area contributed by atoms with Crippen LogP contribution in [0.1, 0.15) is 36.5 Å². The van der Waals surface area contributed by atoms with Crippen molar-refractivity contribution in [3.8, 4) is 0 Å². The van der Waals surface area contributed by atoms with Crippen LogP contribution in [0.3, 0.4) is 0 Å². The molecule has 0 radical (unpaired) electrons. The monoisotopic (exact) mass is 464 g/mol. The van der Waals surface area contributed by atoms with Crippen molar-refractivity contribution in [2.45, 2.75) is 33.6 Å². The molecule has 0 heterocycles. The molecule has 1 aromatic carbocycles. The van der Waals surface area contributed by atoms with E-state index in [0.717, 1.165) is 0 Å². The fourth-order valence-electron chi connectivity index (χ4n) is 2.50. The summed E-state index contributed by atoms with van der Waals surface area (Å²) in [6.07, 6.45) is 4.83. The van der Waals surface area contributed by atoms with Crippen LogP contribution < -0.4 is 0 Å². The standard InChI is InChI=1S/C16H18I2/c1-9-7-15(17)11(3)5-13(9)14-6-12(4)16(18)8-10(14)2/h5-9,13H,1-4H3. The number of aryl methyl sites for hydroxylation is 2. The van der Waals surface area contributed by atoms with Crippen LogP contribution in [-0.4, -0.2) is 0 Å². The van der Waals surface area contributed by atoms with Crippen molar-refractivity contribution in [2.75, 3.05) is 0 Å². The summed E-state index contributed by atoms with van der Waals surface area (Å²) in [6.45, 7) is 8.97. The van der Waals surface area contributed by atoms with Gasteiger partial charge in [0.15, 0.2) is 0 Å². The Morgan fingerprint density at radius 2 is 1.61 bits per heavy atom. The molecule has 0 nitrogen and oxygen atoms in total. The maximum atomic E-state index is 2.44. The summed E-state index contributed by atoms with van der Waals surface area (Å²) in [5.41, 5.74) is 5.70. The molecule has 0 N–H and O–H groups in total. The van der Waals surface area contributed by atoms with E-state index >= 15 is 0 Å². The van der Waals surface area contributed by atoms with E-state index in [2.05, 4.69) is 97.2 Å². The summed E-state index contributed by atoms with van der Waals surface area (Å²) >= 11 is 4.86. The normalized spacial score (nSPS) is 23.7. The molecule has 0 aromatic heterocycles. The number of hydrogen-bond donors (Lipinski definition) is 0. The van der Waals surface area contributed by atoms with Crippen molar-refractivity contribution in [3.05, 3.63) is 53.7 Å². The lowest BCUT2D eigenvalue weighted by Crippen LogP contribution is -2.12. The van der Waals surface area contributed by atoms with Gasteiger partial charge in [0.25, 0.3) is 0 Å². The van der Waals surface area contributed by atoms with Gasteiger partial charge in [0.05, 0.1) is 0 Å². The maximum Gasteiger partial charge on any atom is 0.0162 e. The lowest BCUT2D eigenvalue weighted by Gasteiger charge is -2.26. The molecule has 0 aliphatic heterocycles. The van der Waals surface area contributed by atoms with Crippen LogP contribution in [0.2, 0.25) is 0 Å². The van der Waals surface area contributed by atoms with E-state index in [0.29, 0.717) is 11.8 Å². The Bertz CT molecular complexity index is 538. The minimum Gasteiger partial charge on any atom is -0.0724 e. The van der Waals surface area contributed by atoms with Gasteiger partial charge >= 0.3 is 0 Å². The predicted octanol–water partition coefficient (Wildman–Crippen LogP) is 5.91. The Kier molecular flexibility index (Phi) is 4.57. The Morgan fingerprint density at radius 1 is 0.944 bits per heavy atom. The van der Waals surface area contributed by atoms with Crippen LogP contribution >= 0.6 is 45.2 Å². The quantitative estimate of drug-likeness (QED) is 0.454. The molecule has 0 saturated carbocycles. The summed E-state index contributed by atoms with van der Waals surface area (Å²) in [7, 11) is 0. The first-order valence-corrected chi connectivity index (χ1v) is 8.38. The molecule has 2 rings (SSSR count). The van der Waals surface area contributed by atoms with Gasteiger partial charge in [-0.25, -0.2) is 0 Å². The van der Waals surface area contributed by atoms with Crippen molar-refractivity contribution in [2.24, 2.45) is 5.92 Å². The fourth-order valence-corrected chi connectivity index (χ4v) is 3.87. The Hall–Kier alpha value is 0.160. The van der Waals surface area contributed by atoms with Gasteiger partial charge in [-0.05, 0) is 100 Å². The molecule has 0 spiro atoms. The molecule has 1 aliphatic rings. The number of hydrogen-bond acceptors (Lipinski definition) is 0. The van der Waals surface area contributed by atoms with Gasteiger partial charge in [-0.2, -0.15) is 0 Å². The smallest absolute Gasteiger partial charge is 0.0162 e. The summed E-state index contributed by atoms with van der Waals surface area (Å²) in [6, 6.07) is 4.68. The van der Waals surface area contributed by atoms with Crippen LogP contribution in [0.5, 0.6) is 0 Å². The van der Waals surface area contributed by atoms with Crippen molar-refractivity contribution in [1.82, 2.24) is 0 Å². The summed E-state index contributed by atoms with van der Waals surface area (Å²) in [5.74, 6) is 1.11. The molecule has 2 atom stereocenters. The third-order valence-corrected chi connectivity index (χ3v) is 6.06. The first-order chi connectivity index (χ1) is 8.40. The van der Waals surface area contributed by atoms with Crippen LogP contribution in [0, 0.1) is 23.3 Å². The predicted molar refractivity (Wildman–Crippen MR) is 96.4 cm³/mol. The molecule has 1 aromatic rings. The molecule has 2 unspecified atom stereocenters. The van der Waals surface area contributed by atoms with Gasteiger partial charge in [0.2, 0.25) is 0 Å². The number of allylic oxidation sites excluding steroid dienone is 4. The molecule has 0 bridgehead atoms. The van der Waals surface area contributed by atoms with Crippen LogP contribution in [0.4, 0.5) is 0 Å². The largest absolute Gasteiger partial charge is 0.0724 e. The van der Waals surface area contributed by atoms with Crippen LogP contribution in [0.25, 0.3) is 0 Å². The average Bonchev–Trinajstić information content (AvgIpc) is 2.29. The second kappa shape index (κ2) is 5.65. The Balaban J connectivity index is 2.47. The minimum absolute atomic E-state index is 0.527. The number of rotatable bonds is 1. The lowest BCUT2D eigenvalue weighted by atomic mass is 9.80. The third kappa shape index (κ3) is 2.84. The molecule has 1 aliphatic carbocycles. The van der Waals surface area contributed by atoms with Crippen molar-refractivity contribution in [3.63, 3.8) is 0 Å². The molecule has 0 fully saturated rings. The molecular weight excluding hydrogens is 446 g/mol. The van der Waals surface area contributed by atoms with Crippen molar-refractivity contribution in [1.29, 1.82) is 0 Å². The van der Waals surface area contributed by atoms with E-state index in [1.807, 2.05) is 0 Å².